The van der Waals surface area contributed by atoms with Crippen LogP contribution >= 0.6 is 0 Å². The molecular formula is C13H21NO4. The highest BCUT2D eigenvalue weighted by Crippen LogP contribution is 2.21. The fourth-order valence-electron chi connectivity index (χ4n) is 1.89. The third-order valence-corrected chi connectivity index (χ3v) is 2.98. The normalized spacial score (nSPS) is 25.5. The fourth-order valence-corrected chi connectivity index (χ4v) is 1.89. The van der Waals surface area contributed by atoms with E-state index in [-0.39, 0.29) is 24.1 Å². The third kappa shape index (κ3) is 4.39. The van der Waals surface area contributed by atoms with E-state index in [0.717, 1.165) is 12.8 Å². The minimum absolute atomic E-state index is 0.0968. The molecule has 5 nitrogen and oxygen atoms in total. The summed E-state index contributed by atoms with van der Waals surface area (Å²) in [6, 6.07) is 0. The summed E-state index contributed by atoms with van der Waals surface area (Å²) >= 11 is 0. The van der Waals surface area contributed by atoms with Crippen LogP contribution in [-0.4, -0.2) is 44.3 Å². The van der Waals surface area contributed by atoms with Gasteiger partial charge >= 0.3 is 12.1 Å². The molecule has 2 atom stereocenters. The standard InChI is InChI=1S/C13H21NO4/c1-14(2)13(16)18-11-7-5-4-6-10(8-9-11)12(15)17-3/h5,7,10-11H,4,6,8-9H2,1-3H3/b7-5+/t10-,11-/m1/s1. The highest BCUT2D eigenvalue weighted by Gasteiger charge is 2.23. The van der Waals surface area contributed by atoms with Crippen molar-refractivity contribution in [2.24, 2.45) is 5.92 Å². The maximum atomic E-state index is 11.5. The molecule has 0 unspecified atom stereocenters. The van der Waals surface area contributed by atoms with Crippen LogP contribution in [0.15, 0.2) is 12.2 Å². The average Bonchev–Trinajstić information content (AvgIpc) is 2.31. The summed E-state index contributed by atoms with van der Waals surface area (Å²) in [6.07, 6.45) is 6.16. The van der Waals surface area contributed by atoms with Gasteiger partial charge in [0.2, 0.25) is 0 Å². The summed E-state index contributed by atoms with van der Waals surface area (Å²) in [7, 11) is 4.69. The molecular weight excluding hydrogens is 234 g/mol. The lowest BCUT2D eigenvalue weighted by atomic mass is 9.93. The maximum Gasteiger partial charge on any atom is 0.409 e. The van der Waals surface area contributed by atoms with Gasteiger partial charge in [-0.1, -0.05) is 6.08 Å². The van der Waals surface area contributed by atoms with Gasteiger partial charge in [-0.05, 0) is 31.8 Å². The number of ether oxygens (including phenoxy) is 2. The van der Waals surface area contributed by atoms with Crippen LogP contribution in [0.5, 0.6) is 0 Å². The van der Waals surface area contributed by atoms with E-state index in [0.29, 0.717) is 12.8 Å². The fraction of sp³-hybridized carbons (Fsp3) is 0.692. The van der Waals surface area contributed by atoms with Crippen molar-refractivity contribution in [2.45, 2.75) is 31.8 Å². The Hall–Kier alpha value is -1.52. The predicted octanol–water partition coefficient (Wildman–Crippen LogP) is 1.97. The Balaban J connectivity index is 2.54. The molecule has 0 spiro atoms. The Morgan fingerprint density at radius 3 is 2.56 bits per heavy atom. The number of rotatable bonds is 2. The monoisotopic (exact) mass is 255 g/mol. The number of amides is 1. The molecule has 1 amide bonds. The topological polar surface area (TPSA) is 55.8 Å². The van der Waals surface area contributed by atoms with Crippen molar-refractivity contribution in [3.8, 4) is 0 Å². The van der Waals surface area contributed by atoms with Gasteiger partial charge in [-0.25, -0.2) is 4.79 Å². The zero-order valence-corrected chi connectivity index (χ0v) is 11.2. The first-order valence-corrected chi connectivity index (χ1v) is 6.17. The number of hydrogen-bond acceptors (Lipinski definition) is 4. The van der Waals surface area contributed by atoms with E-state index in [9.17, 15) is 9.59 Å². The molecule has 0 aromatic rings. The number of esters is 1. The average molecular weight is 255 g/mol. The van der Waals surface area contributed by atoms with Crippen molar-refractivity contribution in [1.29, 1.82) is 0 Å². The highest BCUT2D eigenvalue weighted by molar-refractivity contribution is 5.72. The molecule has 0 N–H and O–H groups in total. The molecule has 0 fully saturated rings. The van der Waals surface area contributed by atoms with Crippen molar-refractivity contribution in [2.75, 3.05) is 21.2 Å². The number of allylic oxidation sites excluding steroid dienone is 1. The zero-order chi connectivity index (χ0) is 13.5. The summed E-state index contributed by atoms with van der Waals surface area (Å²) in [5.74, 6) is -0.275. The van der Waals surface area contributed by atoms with E-state index in [1.807, 2.05) is 12.2 Å². The molecule has 0 bridgehead atoms. The number of methoxy groups -OCH3 is 1. The van der Waals surface area contributed by atoms with Crippen LogP contribution in [0.3, 0.4) is 0 Å². The SMILES string of the molecule is COC(=O)[C@@H]1CC/C=C/[C@@H](OC(=O)N(C)C)CC1. The van der Waals surface area contributed by atoms with Crippen LogP contribution in [0.25, 0.3) is 0 Å². The lowest BCUT2D eigenvalue weighted by Crippen LogP contribution is -2.28. The van der Waals surface area contributed by atoms with E-state index >= 15 is 0 Å². The second-order valence-electron chi connectivity index (χ2n) is 4.62. The molecule has 0 aromatic carbocycles. The van der Waals surface area contributed by atoms with Crippen LogP contribution in [-0.2, 0) is 14.3 Å². The zero-order valence-electron chi connectivity index (χ0n) is 11.2. The Labute approximate surface area is 108 Å². The predicted molar refractivity (Wildman–Crippen MR) is 67.1 cm³/mol. The van der Waals surface area contributed by atoms with Gasteiger partial charge in [-0.15, -0.1) is 0 Å². The molecule has 18 heavy (non-hydrogen) atoms. The first-order chi connectivity index (χ1) is 8.54. The Morgan fingerprint density at radius 2 is 1.94 bits per heavy atom. The molecule has 0 radical (unpaired) electrons. The van der Waals surface area contributed by atoms with E-state index in [4.69, 9.17) is 9.47 Å². The highest BCUT2D eigenvalue weighted by atomic mass is 16.6. The van der Waals surface area contributed by atoms with Crippen LogP contribution in [0.2, 0.25) is 0 Å². The molecule has 0 saturated carbocycles. The Morgan fingerprint density at radius 1 is 1.22 bits per heavy atom. The van der Waals surface area contributed by atoms with Gasteiger partial charge in [-0.2, -0.15) is 0 Å². The summed E-state index contributed by atoms with van der Waals surface area (Å²) in [5, 5.41) is 0. The number of hydrogen-bond donors (Lipinski definition) is 0. The second-order valence-corrected chi connectivity index (χ2v) is 4.62. The van der Waals surface area contributed by atoms with Gasteiger partial charge in [0, 0.05) is 14.1 Å². The molecule has 1 rings (SSSR count). The molecule has 5 heteroatoms. The van der Waals surface area contributed by atoms with Crippen LogP contribution in [0, 0.1) is 5.92 Å². The van der Waals surface area contributed by atoms with E-state index in [1.54, 1.807) is 14.1 Å². The Kier molecular flexibility index (Phi) is 5.68. The van der Waals surface area contributed by atoms with E-state index in [2.05, 4.69) is 0 Å². The van der Waals surface area contributed by atoms with Crippen LogP contribution in [0.4, 0.5) is 4.79 Å². The van der Waals surface area contributed by atoms with E-state index in [1.165, 1.54) is 12.0 Å². The van der Waals surface area contributed by atoms with Crippen molar-refractivity contribution in [3.05, 3.63) is 12.2 Å². The number of carbonyl (C=O) groups is 2. The summed E-state index contributed by atoms with van der Waals surface area (Å²) in [5.41, 5.74) is 0. The molecule has 102 valence electrons. The summed E-state index contributed by atoms with van der Waals surface area (Å²) < 4.78 is 10.1. The largest absolute Gasteiger partial charge is 0.469 e. The first kappa shape index (κ1) is 14.5. The lowest BCUT2D eigenvalue weighted by Gasteiger charge is -2.22. The van der Waals surface area contributed by atoms with Crippen molar-refractivity contribution >= 4 is 12.1 Å². The summed E-state index contributed by atoms with van der Waals surface area (Å²) in [6.45, 7) is 0. The number of nitrogens with zero attached hydrogens (tertiary/aromatic N) is 1. The molecule has 0 aromatic heterocycles. The van der Waals surface area contributed by atoms with Gasteiger partial charge < -0.3 is 14.4 Å². The van der Waals surface area contributed by atoms with Crippen molar-refractivity contribution in [3.63, 3.8) is 0 Å². The van der Waals surface area contributed by atoms with Crippen molar-refractivity contribution in [1.82, 2.24) is 4.90 Å². The number of carbonyl (C=O) groups excluding carboxylic acids is 2. The third-order valence-electron chi connectivity index (χ3n) is 2.98. The van der Waals surface area contributed by atoms with Crippen LogP contribution < -0.4 is 0 Å². The smallest absolute Gasteiger partial charge is 0.409 e. The minimum atomic E-state index is -0.361. The quantitative estimate of drug-likeness (QED) is 0.559. The van der Waals surface area contributed by atoms with Crippen LogP contribution in [0.1, 0.15) is 25.7 Å². The molecule has 0 heterocycles. The minimum Gasteiger partial charge on any atom is -0.469 e. The maximum absolute atomic E-state index is 11.5. The van der Waals surface area contributed by atoms with Gasteiger partial charge in [-0.3, -0.25) is 4.79 Å². The first-order valence-electron chi connectivity index (χ1n) is 6.17. The lowest BCUT2D eigenvalue weighted by molar-refractivity contribution is -0.146. The van der Waals surface area contributed by atoms with Gasteiger partial charge in [0.05, 0.1) is 13.0 Å². The molecule has 1 aliphatic rings. The molecule has 0 saturated heterocycles. The second kappa shape index (κ2) is 7.03. The molecule has 0 aliphatic heterocycles. The molecule has 1 aliphatic carbocycles. The summed E-state index contributed by atoms with van der Waals surface area (Å²) in [4.78, 5) is 24.4. The van der Waals surface area contributed by atoms with E-state index < -0.39 is 0 Å². The van der Waals surface area contributed by atoms with Gasteiger partial charge in [0.1, 0.15) is 6.10 Å². The van der Waals surface area contributed by atoms with Gasteiger partial charge in [0.15, 0.2) is 0 Å². The van der Waals surface area contributed by atoms with Crippen molar-refractivity contribution < 1.29 is 19.1 Å². The Bertz CT molecular complexity index is 325. The van der Waals surface area contributed by atoms with Gasteiger partial charge in [0.25, 0.3) is 0 Å².